The van der Waals surface area contributed by atoms with Crippen LogP contribution in [0.4, 0.5) is 0 Å². The van der Waals surface area contributed by atoms with Gasteiger partial charge >= 0.3 is 0 Å². The van der Waals surface area contributed by atoms with E-state index in [0.717, 1.165) is 0 Å². The highest BCUT2D eigenvalue weighted by Gasteiger charge is 1.85. The number of hydrogen-bond donors (Lipinski definition) is 0. The van der Waals surface area contributed by atoms with Crippen molar-refractivity contribution in [1.29, 1.82) is 0 Å². The van der Waals surface area contributed by atoms with Gasteiger partial charge in [-0.1, -0.05) is 18.2 Å². The van der Waals surface area contributed by atoms with Gasteiger partial charge in [0.2, 0.25) is 0 Å². The van der Waals surface area contributed by atoms with E-state index in [-0.39, 0.29) is 0 Å². The fourth-order valence-corrected chi connectivity index (χ4v) is 0.544. The Morgan fingerprint density at radius 1 is 1.11 bits per heavy atom. The van der Waals surface area contributed by atoms with Gasteiger partial charge < -0.3 is 4.89 Å². The van der Waals surface area contributed by atoms with Crippen molar-refractivity contribution in [2.24, 2.45) is 0 Å². The zero-order valence-corrected chi connectivity index (χ0v) is 4.91. The Hall–Kier alpha value is -1.02. The first kappa shape index (κ1) is 6.11. The van der Waals surface area contributed by atoms with Crippen molar-refractivity contribution < 1.29 is 9.78 Å². The van der Waals surface area contributed by atoms with Gasteiger partial charge in [-0.05, 0) is 12.1 Å². The molecular weight excluding hydrogens is 116 g/mol. The molecule has 2 nitrogen and oxygen atoms in total. The highest BCUT2D eigenvalue weighted by Crippen LogP contribution is 2.07. The minimum absolute atomic E-state index is 0.660. The lowest BCUT2D eigenvalue weighted by molar-refractivity contribution is -0.154. The lowest BCUT2D eigenvalue weighted by Gasteiger charge is -1.96. The first-order valence-corrected chi connectivity index (χ1v) is 2.57. The average Bonchev–Trinajstić information content (AvgIpc) is 1.91. The molecule has 0 saturated heterocycles. The molecule has 1 radical (unpaired) electrons. The van der Waals surface area contributed by atoms with Gasteiger partial charge in [0.1, 0.15) is 7.11 Å². The molecule has 0 unspecified atom stereocenters. The molecule has 0 amide bonds. The van der Waals surface area contributed by atoms with Crippen molar-refractivity contribution in [3.05, 3.63) is 37.4 Å². The summed E-state index contributed by atoms with van der Waals surface area (Å²) in [6.07, 6.45) is 0. The van der Waals surface area contributed by atoms with Crippen molar-refractivity contribution in [3.63, 3.8) is 0 Å². The van der Waals surface area contributed by atoms with Gasteiger partial charge in [0.25, 0.3) is 0 Å². The molecule has 0 aliphatic heterocycles. The Bertz CT molecular complexity index is 160. The molecule has 0 aliphatic rings. The zero-order valence-electron chi connectivity index (χ0n) is 4.91. The van der Waals surface area contributed by atoms with Crippen molar-refractivity contribution in [2.75, 3.05) is 0 Å². The maximum absolute atomic E-state index is 4.59. The second-order valence-corrected chi connectivity index (χ2v) is 1.51. The number of para-hydroxylation sites is 1. The summed E-state index contributed by atoms with van der Waals surface area (Å²) in [6.45, 7) is 0. The van der Waals surface area contributed by atoms with Crippen LogP contribution in [0.3, 0.4) is 0 Å². The van der Waals surface area contributed by atoms with E-state index < -0.39 is 0 Å². The largest absolute Gasteiger partial charge is 0.337 e. The van der Waals surface area contributed by atoms with Gasteiger partial charge in [0, 0.05) is 0 Å². The van der Waals surface area contributed by atoms with Crippen LogP contribution in [0.2, 0.25) is 0 Å². The zero-order chi connectivity index (χ0) is 6.53. The predicted molar refractivity (Wildman–Crippen MR) is 33.5 cm³/mol. The normalized spacial score (nSPS) is 9.00. The minimum Gasteiger partial charge on any atom is -0.337 e. The summed E-state index contributed by atoms with van der Waals surface area (Å²) in [7, 11) is 3.06. The Morgan fingerprint density at radius 3 is 2.33 bits per heavy atom. The molecule has 2 heteroatoms. The molecule has 0 fully saturated rings. The average molecular weight is 123 g/mol. The summed E-state index contributed by atoms with van der Waals surface area (Å²) in [6, 6.07) is 9.18. The summed E-state index contributed by atoms with van der Waals surface area (Å²) in [5.41, 5.74) is 0. The van der Waals surface area contributed by atoms with Crippen LogP contribution in [0, 0.1) is 7.11 Å². The summed E-state index contributed by atoms with van der Waals surface area (Å²) in [5.74, 6) is 0.660. The molecule has 1 rings (SSSR count). The Balaban J connectivity index is 2.61. The highest BCUT2D eigenvalue weighted by molar-refractivity contribution is 5.20. The second kappa shape index (κ2) is 3.10. The standard InChI is InChI=1S/C7H7O2/c1-8-9-7-5-3-2-4-6-7/h2-6H,1H2. The fourth-order valence-electron chi connectivity index (χ4n) is 0.544. The van der Waals surface area contributed by atoms with E-state index in [1.54, 1.807) is 12.1 Å². The molecule has 0 spiro atoms. The quantitative estimate of drug-likeness (QED) is 0.441. The SMILES string of the molecule is [CH2]OOc1ccccc1. The van der Waals surface area contributed by atoms with E-state index in [2.05, 4.69) is 16.9 Å². The monoisotopic (exact) mass is 123 g/mol. The van der Waals surface area contributed by atoms with Crippen molar-refractivity contribution in [3.8, 4) is 5.75 Å². The third-order valence-electron chi connectivity index (χ3n) is 0.898. The van der Waals surface area contributed by atoms with E-state index in [0.29, 0.717) is 5.75 Å². The summed E-state index contributed by atoms with van der Waals surface area (Å²) in [4.78, 5) is 8.77. The summed E-state index contributed by atoms with van der Waals surface area (Å²) >= 11 is 0. The van der Waals surface area contributed by atoms with E-state index in [4.69, 9.17) is 0 Å². The molecule has 0 aliphatic carbocycles. The Morgan fingerprint density at radius 2 is 1.78 bits per heavy atom. The van der Waals surface area contributed by atoms with E-state index >= 15 is 0 Å². The lowest BCUT2D eigenvalue weighted by atomic mass is 10.3. The van der Waals surface area contributed by atoms with Crippen LogP contribution >= 0.6 is 0 Å². The van der Waals surface area contributed by atoms with Crippen molar-refractivity contribution in [1.82, 2.24) is 0 Å². The molecule has 0 N–H and O–H groups in total. The first-order valence-electron chi connectivity index (χ1n) is 2.57. The fraction of sp³-hybridized carbons (Fsp3) is 0. The lowest BCUT2D eigenvalue weighted by Crippen LogP contribution is -1.86. The molecule has 9 heavy (non-hydrogen) atoms. The number of benzene rings is 1. The molecule has 0 saturated carbocycles. The highest BCUT2D eigenvalue weighted by atomic mass is 17.2. The molecule has 0 atom stereocenters. The van der Waals surface area contributed by atoms with Gasteiger partial charge in [-0.3, -0.25) is 0 Å². The third kappa shape index (κ3) is 1.74. The number of rotatable bonds is 2. The minimum atomic E-state index is 0.660. The van der Waals surface area contributed by atoms with Crippen LogP contribution in [0.15, 0.2) is 30.3 Å². The smallest absolute Gasteiger partial charge is 0.165 e. The van der Waals surface area contributed by atoms with E-state index in [1.165, 1.54) is 0 Å². The van der Waals surface area contributed by atoms with Gasteiger partial charge in [-0.25, -0.2) is 0 Å². The Labute approximate surface area is 54.0 Å². The van der Waals surface area contributed by atoms with Crippen LogP contribution in [0.25, 0.3) is 0 Å². The van der Waals surface area contributed by atoms with Crippen molar-refractivity contribution in [2.45, 2.75) is 0 Å². The maximum atomic E-state index is 4.59. The molecule has 0 aromatic heterocycles. The van der Waals surface area contributed by atoms with Gasteiger partial charge in [-0.2, -0.15) is 4.89 Å². The van der Waals surface area contributed by atoms with Crippen molar-refractivity contribution >= 4 is 0 Å². The topological polar surface area (TPSA) is 18.5 Å². The summed E-state index contributed by atoms with van der Waals surface area (Å²) < 4.78 is 0. The van der Waals surface area contributed by atoms with Gasteiger partial charge in [0.15, 0.2) is 5.75 Å². The van der Waals surface area contributed by atoms with Gasteiger partial charge in [0.05, 0.1) is 0 Å². The maximum Gasteiger partial charge on any atom is 0.165 e. The van der Waals surface area contributed by atoms with Crippen LogP contribution < -0.4 is 4.89 Å². The third-order valence-corrected chi connectivity index (χ3v) is 0.898. The molecule has 0 heterocycles. The van der Waals surface area contributed by atoms with Gasteiger partial charge in [-0.15, -0.1) is 0 Å². The molecule has 1 aromatic carbocycles. The number of hydrogen-bond acceptors (Lipinski definition) is 2. The molecule has 1 aromatic rings. The molecular formula is C7H7O2. The molecule has 47 valence electrons. The van der Waals surface area contributed by atoms with Crippen LogP contribution in [-0.2, 0) is 4.89 Å². The first-order chi connectivity index (χ1) is 4.43. The Kier molecular flexibility index (Phi) is 2.10. The summed E-state index contributed by atoms with van der Waals surface area (Å²) in [5, 5.41) is 0. The van der Waals surface area contributed by atoms with E-state index in [9.17, 15) is 0 Å². The van der Waals surface area contributed by atoms with E-state index in [1.807, 2.05) is 18.2 Å². The predicted octanol–water partition coefficient (Wildman–Crippen LogP) is 1.79. The second-order valence-electron chi connectivity index (χ2n) is 1.51. The molecule has 0 bridgehead atoms. The van der Waals surface area contributed by atoms with Crippen LogP contribution in [-0.4, -0.2) is 0 Å². The van der Waals surface area contributed by atoms with Crippen LogP contribution in [0.1, 0.15) is 0 Å². The van der Waals surface area contributed by atoms with Crippen LogP contribution in [0.5, 0.6) is 5.75 Å².